The molecule has 0 unspecified atom stereocenters. The molecular formula is C12H16FN3. The first-order valence-corrected chi connectivity index (χ1v) is 5.38. The highest BCUT2D eigenvalue weighted by Crippen LogP contribution is 2.26. The van der Waals surface area contributed by atoms with Crippen LogP contribution in [0.15, 0.2) is 29.3 Å². The molecule has 1 aromatic carbocycles. The molecule has 1 fully saturated rings. The first-order valence-electron chi connectivity index (χ1n) is 5.38. The fourth-order valence-corrected chi connectivity index (χ4v) is 1.94. The van der Waals surface area contributed by atoms with Crippen LogP contribution in [-0.2, 0) is 0 Å². The lowest BCUT2D eigenvalue weighted by atomic mass is 9.91. The fourth-order valence-electron chi connectivity index (χ4n) is 1.94. The van der Waals surface area contributed by atoms with E-state index in [9.17, 15) is 4.39 Å². The monoisotopic (exact) mass is 221 g/mol. The van der Waals surface area contributed by atoms with Gasteiger partial charge in [-0.25, -0.2) is 4.39 Å². The van der Waals surface area contributed by atoms with Gasteiger partial charge in [0.2, 0.25) is 0 Å². The lowest BCUT2D eigenvalue weighted by molar-refractivity contribution is 0.172. The topological polar surface area (TPSA) is 41.6 Å². The van der Waals surface area contributed by atoms with E-state index < -0.39 is 0 Å². The maximum atomic E-state index is 12.7. The van der Waals surface area contributed by atoms with Gasteiger partial charge in [-0.05, 0) is 17.7 Å². The van der Waals surface area contributed by atoms with E-state index in [2.05, 4.69) is 9.89 Å². The zero-order valence-electron chi connectivity index (χ0n) is 9.36. The summed E-state index contributed by atoms with van der Waals surface area (Å²) in [5.74, 6) is 0.991. The molecule has 1 aliphatic heterocycles. The maximum absolute atomic E-state index is 12.7. The summed E-state index contributed by atoms with van der Waals surface area (Å²) in [6.45, 7) is 2.68. The largest absolute Gasteiger partial charge is 0.386 e. The van der Waals surface area contributed by atoms with Crippen molar-refractivity contribution in [3.8, 4) is 0 Å². The molecule has 0 saturated carbocycles. The maximum Gasteiger partial charge on any atom is 0.123 e. The Kier molecular flexibility index (Phi) is 3.19. The van der Waals surface area contributed by atoms with Gasteiger partial charge in [0.1, 0.15) is 11.7 Å². The summed E-state index contributed by atoms with van der Waals surface area (Å²) < 4.78 is 12.7. The van der Waals surface area contributed by atoms with Gasteiger partial charge < -0.3 is 5.73 Å². The van der Waals surface area contributed by atoms with Gasteiger partial charge >= 0.3 is 0 Å². The first kappa shape index (κ1) is 11.1. The van der Waals surface area contributed by atoms with Crippen LogP contribution in [0, 0.1) is 5.82 Å². The van der Waals surface area contributed by atoms with Crippen molar-refractivity contribution in [1.82, 2.24) is 4.90 Å². The van der Waals surface area contributed by atoms with Gasteiger partial charge in [0.05, 0.1) is 6.54 Å². The van der Waals surface area contributed by atoms with Crippen LogP contribution < -0.4 is 5.73 Å². The molecule has 16 heavy (non-hydrogen) atoms. The molecule has 1 aromatic rings. The van der Waals surface area contributed by atoms with E-state index in [0.29, 0.717) is 11.8 Å². The van der Waals surface area contributed by atoms with Crippen LogP contribution in [-0.4, -0.2) is 37.4 Å². The summed E-state index contributed by atoms with van der Waals surface area (Å²) >= 11 is 0. The van der Waals surface area contributed by atoms with E-state index in [1.165, 1.54) is 17.7 Å². The molecule has 2 N–H and O–H groups in total. The number of benzene rings is 1. The molecular weight excluding hydrogens is 205 g/mol. The van der Waals surface area contributed by atoms with Crippen molar-refractivity contribution in [2.45, 2.75) is 5.92 Å². The predicted octanol–water partition coefficient (Wildman–Crippen LogP) is 1.21. The summed E-state index contributed by atoms with van der Waals surface area (Å²) in [7, 11) is 1.70. The Morgan fingerprint density at radius 3 is 2.62 bits per heavy atom. The van der Waals surface area contributed by atoms with E-state index in [1.807, 2.05) is 12.1 Å². The van der Waals surface area contributed by atoms with Crippen molar-refractivity contribution >= 4 is 5.84 Å². The van der Waals surface area contributed by atoms with Gasteiger partial charge in [-0.15, -0.1) is 0 Å². The Morgan fingerprint density at radius 1 is 1.44 bits per heavy atom. The second kappa shape index (κ2) is 4.61. The standard InChI is InChI=1S/C12H16FN3/c1-15-12(14)8-16-6-10(7-16)9-2-4-11(13)5-3-9/h2-5,10H,6-8H2,1H3,(H2,14,15). The van der Waals surface area contributed by atoms with Crippen LogP contribution in [0.2, 0.25) is 0 Å². The zero-order valence-corrected chi connectivity index (χ0v) is 9.36. The number of nitrogens with two attached hydrogens (primary N) is 1. The second-order valence-electron chi connectivity index (χ2n) is 4.16. The molecule has 0 atom stereocenters. The molecule has 4 heteroatoms. The fraction of sp³-hybridized carbons (Fsp3) is 0.417. The first-order chi connectivity index (χ1) is 7.69. The van der Waals surface area contributed by atoms with Crippen molar-refractivity contribution in [1.29, 1.82) is 0 Å². The van der Waals surface area contributed by atoms with E-state index in [1.54, 1.807) is 7.05 Å². The van der Waals surface area contributed by atoms with Crippen molar-refractivity contribution in [3.63, 3.8) is 0 Å². The summed E-state index contributed by atoms with van der Waals surface area (Å²) in [6, 6.07) is 6.74. The Hall–Kier alpha value is -1.42. The highest BCUT2D eigenvalue weighted by Gasteiger charge is 2.27. The average molecular weight is 221 g/mol. The van der Waals surface area contributed by atoms with Crippen LogP contribution in [0.3, 0.4) is 0 Å². The molecule has 1 saturated heterocycles. The normalized spacial score (nSPS) is 18.5. The third-order valence-corrected chi connectivity index (χ3v) is 2.97. The molecule has 0 aliphatic carbocycles. The molecule has 3 nitrogen and oxygen atoms in total. The number of aliphatic imine (C=N–C) groups is 1. The van der Waals surface area contributed by atoms with Gasteiger partial charge in [-0.3, -0.25) is 9.89 Å². The van der Waals surface area contributed by atoms with Crippen molar-refractivity contribution < 1.29 is 4.39 Å². The van der Waals surface area contributed by atoms with Gasteiger partial charge in [0.25, 0.3) is 0 Å². The molecule has 86 valence electrons. The highest BCUT2D eigenvalue weighted by molar-refractivity contribution is 5.82. The lowest BCUT2D eigenvalue weighted by Crippen LogP contribution is -2.48. The average Bonchev–Trinajstić information content (AvgIpc) is 2.24. The van der Waals surface area contributed by atoms with E-state index in [0.717, 1.165) is 19.6 Å². The Morgan fingerprint density at radius 2 is 2.06 bits per heavy atom. The van der Waals surface area contributed by atoms with E-state index in [-0.39, 0.29) is 5.82 Å². The number of nitrogens with zero attached hydrogens (tertiary/aromatic N) is 2. The van der Waals surface area contributed by atoms with Crippen molar-refractivity contribution in [2.75, 3.05) is 26.7 Å². The number of hydrogen-bond donors (Lipinski definition) is 1. The number of halogens is 1. The van der Waals surface area contributed by atoms with Crippen LogP contribution in [0.5, 0.6) is 0 Å². The minimum atomic E-state index is -0.178. The molecule has 0 aromatic heterocycles. The number of likely N-dealkylation sites (tertiary alicyclic amines) is 1. The molecule has 1 aliphatic rings. The van der Waals surface area contributed by atoms with Gasteiger partial charge in [-0.1, -0.05) is 12.1 Å². The molecule has 0 bridgehead atoms. The minimum Gasteiger partial charge on any atom is -0.386 e. The van der Waals surface area contributed by atoms with Crippen LogP contribution in [0.25, 0.3) is 0 Å². The Labute approximate surface area is 94.8 Å². The quantitative estimate of drug-likeness (QED) is 0.616. The summed E-state index contributed by atoms with van der Waals surface area (Å²) in [5, 5.41) is 0. The molecule has 0 radical (unpaired) electrons. The Bertz CT molecular complexity index is 380. The smallest absolute Gasteiger partial charge is 0.123 e. The molecule has 1 heterocycles. The van der Waals surface area contributed by atoms with Gasteiger partial charge in [0, 0.05) is 26.1 Å². The zero-order chi connectivity index (χ0) is 11.5. The van der Waals surface area contributed by atoms with Crippen molar-refractivity contribution in [3.05, 3.63) is 35.6 Å². The predicted molar refractivity (Wildman–Crippen MR) is 63.1 cm³/mol. The summed E-state index contributed by atoms with van der Waals surface area (Å²) in [6.07, 6.45) is 0. The van der Waals surface area contributed by atoms with Crippen LogP contribution in [0.4, 0.5) is 4.39 Å². The SMILES string of the molecule is CN=C(N)CN1CC(c2ccc(F)cc2)C1. The van der Waals surface area contributed by atoms with Crippen LogP contribution >= 0.6 is 0 Å². The van der Waals surface area contributed by atoms with Gasteiger partial charge in [-0.2, -0.15) is 0 Å². The lowest BCUT2D eigenvalue weighted by Gasteiger charge is -2.39. The van der Waals surface area contributed by atoms with E-state index in [4.69, 9.17) is 5.73 Å². The minimum absolute atomic E-state index is 0.178. The van der Waals surface area contributed by atoms with E-state index >= 15 is 0 Å². The highest BCUT2D eigenvalue weighted by atomic mass is 19.1. The number of hydrogen-bond acceptors (Lipinski definition) is 2. The van der Waals surface area contributed by atoms with Gasteiger partial charge in [0.15, 0.2) is 0 Å². The summed E-state index contributed by atoms with van der Waals surface area (Å²) in [5.41, 5.74) is 6.84. The molecule has 0 amide bonds. The number of rotatable bonds is 3. The van der Waals surface area contributed by atoms with Crippen molar-refractivity contribution in [2.24, 2.45) is 10.7 Å². The molecule has 2 rings (SSSR count). The third kappa shape index (κ3) is 2.39. The third-order valence-electron chi connectivity index (χ3n) is 2.97. The van der Waals surface area contributed by atoms with Crippen LogP contribution in [0.1, 0.15) is 11.5 Å². The summed E-state index contributed by atoms with van der Waals surface area (Å²) in [4.78, 5) is 6.16. The number of amidine groups is 1. The Balaban J connectivity index is 1.86. The molecule has 0 spiro atoms. The second-order valence-corrected chi connectivity index (χ2v) is 4.16.